The maximum atomic E-state index is 12.1. The monoisotopic (exact) mass is 339 g/mol. The zero-order chi connectivity index (χ0) is 17.6. The van der Waals surface area contributed by atoms with Crippen LogP contribution in [0.15, 0.2) is 54.6 Å². The molecule has 6 heteroatoms. The van der Waals surface area contributed by atoms with Crippen LogP contribution in [0.2, 0.25) is 0 Å². The van der Waals surface area contributed by atoms with Gasteiger partial charge in [-0.1, -0.05) is 42.5 Å². The highest BCUT2D eigenvalue weighted by Gasteiger charge is 2.21. The first-order valence-corrected chi connectivity index (χ1v) is 8.25. The van der Waals surface area contributed by atoms with E-state index in [4.69, 9.17) is 4.74 Å². The number of cyclic esters (lactones) is 1. The number of hydrogen-bond donors (Lipinski definition) is 2. The Kier molecular flexibility index (Phi) is 5.18. The van der Waals surface area contributed by atoms with Crippen LogP contribution < -0.4 is 10.6 Å². The van der Waals surface area contributed by atoms with E-state index in [1.165, 1.54) is 0 Å². The normalized spacial score (nSPS) is 14.8. The van der Waals surface area contributed by atoms with Crippen LogP contribution in [-0.4, -0.2) is 30.2 Å². The van der Waals surface area contributed by atoms with Crippen LogP contribution in [0.4, 0.5) is 15.3 Å². The Labute approximate surface area is 146 Å². The van der Waals surface area contributed by atoms with Crippen LogP contribution >= 0.6 is 0 Å². The van der Waals surface area contributed by atoms with E-state index in [0.29, 0.717) is 25.4 Å². The van der Waals surface area contributed by atoms with Crippen molar-refractivity contribution >= 4 is 17.8 Å². The topological polar surface area (TPSA) is 70.7 Å². The molecule has 2 aromatic carbocycles. The third-order valence-corrected chi connectivity index (χ3v) is 4.08. The molecular formula is C19H21N3O3. The Balaban J connectivity index is 1.52. The molecule has 0 aliphatic carbocycles. The number of carbonyl (C=O) groups is 2. The SMILES string of the molecule is C[C@@H](NC(=O)Nc1ccc(CN2CCOC2=O)cc1)c1ccccc1. The summed E-state index contributed by atoms with van der Waals surface area (Å²) in [4.78, 5) is 25.2. The van der Waals surface area contributed by atoms with Gasteiger partial charge in [-0.3, -0.25) is 0 Å². The van der Waals surface area contributed by atoms with E-state index in [1.54, 1.807) is 4.90 Å². The van der Waals surface area contributed by atoms with Crippen molar-refractivity contribution in [3.05, 3.63) is 65.7 Å². The summed E-state index contributed by atoms with van der Waals surface area (Å²) in [6.45, 7) is 3.50. The average Bonchev–Trinajstić information content (AvgIpc) is 3.02. The van der Waals surface area contributed by atoms with Crippen molar-refractivity contribution in [3.8, 4) is 0 Å². The van der Waals surface area contributed by atoms with Crippen molar-refractivity contribution in [2.45, 2.75) is 19.5 Å². The fraction of sp³-hybridized carbons (Fsp3) is 0.263. The second-order valence-electron chi connectivity index (χ2n) is 5.96. The van der Waals surface area contributed by atoms with Gasteiger partial charge < -0.3 is 20.3 Å². The van der Waals surface area contributed by atoms with Crippen molar-refractivity contribution < 1.29 is 14.3 Å². The Bertz CT molecular complexity index is 731. The molecule has 3 rings (SSSR count). The van der Waals surface area contributed by atoms with Crippen LogP contribution in [0.5, 0.6) is 0 Å². The third-order valence-electron chi connectivity index (χ3n) is 4.08. The van der Waals surface area contributed by atoms with Crippen LogP contribution in [0.1, 0.15) is 24.1 Å². The zero-order valence-corrected chi connectivity index (χ0v) is 14.1. The van der Waals surface area contributed by atoms with Crippen molar-refractivity contribution in [2.75, 3.05) is 18.5 Å². The Morgan fingerprint density at radius 3 is 2.52 bits per heavy atom. The maximum absolute atomic E-state index is 12.1. The molecular weight excluding hydrogens is 318 g/mol. The quantitative estimate of drug-likeness (QED) is 0.875. The minimum atomic E-state index is -0.281. The molecule has 3 amide bonds. The van der Waals surface area contributed by atoms with Gasteiger partial charge in [0.15, 0.2) is 0 Å². The number of anilines is 1. The standard InChI is InChI=1S/C19H21N3O3/c1-14(16-5-3-2-4-6-16)20-18(23)21-17-9-7-15(8-10-17)13-22-11-12-25-19(22)24/h2-10,14H,11-13H2,1H3,(H2,20,21,23)/t14-/m1/s1. The number of nitrogens with zero attached hydrogens (tertiary/aromatic N) is 1. The lowest BCUT2D eigenvalue weighted by molar-refractivity contribution is 0.157. The van der Waals surface area contributed by atoms with Gasteiger partial charge in [-0.15, -0.1) is 0 Å². The van der Waals surface area contributed by atoms with Crippen LogP contribution in [0.25, 0.3) is 0 Å². The molecule has 1 saturated heterocycles. The van der Waals surface area contributed by atoms with E-state index in [2.05, 4.69) is 10.6 Å². The number of urea groups is 1. The van der Waals surface area contributed by atoms with Gasteiger partial charge in [0.1, 0.15) is 6.61 Å². The predicted molar refractivity (Wildman–Crippen MR) is 95.2 cm³/mol. The van der Waals surface area contributed by atoms with E-state index < -0.39 is 0 Å². The summed E-state index contributed by atoms with van der Waals surface area (Å²) in [6, 6.07) is 16.9. The van der Waals surface area contributed by atoms with Gasteiger partial charge in [0, 0.05) is 12.2 Å². The molecule has 0 saturated carbocycles. The predicted octanol–water partition coefficient (Wildman–Crippen LogP) is 3.52. The van der Waals surface area contributed by atoms with Gasteiger partial charge in [-0.05, 0) is 30.2 Å². The number of hydrogen-bond acceptors (Lipinski definition) is 3. The number of ether oxygens (including phenoxy) is 1. The molecule has 1 atom stereocenters. The molecule has 2 aromatic rings. The second kappa shape index (κ2) is 7.70. The van der Waals surface area contributed by atoms with E-state index in [9.17, 15) is 9.59 Å². The third kappa shape index (κ3) is 4.50. The van der Waals surface area contributed by atoms with Gasteiger partial charge in [0.25, 0.3) is 0 Å². The van der Waals surface area contributed by atoms with Crippen LogP contribution in [0, 0.1) is 0 Å². The van der Waals surface area contributed by atoms with Crippen molar-refractivity contribution in [2.24, 2.45) is 0 Å². The van der Waals surface area contributed by atoms with Crippen molar-refractivity contribution in [3.63, 3.8) is 0 Å². The molecule has 0 spiro atoms. The van der Waals surface area contributed by atoms with Gasteiger partial charge in [-0.2, -0.15) is 0 Å². The summed E-state index contributed by atoms with van der Waals surface area (Å²) in [5, 5.41) is 5.72. The molecule has 0 unspecified atom stereocenters. The number of benzene rings is 2. The molecule has 25 heavy (non-hydrogen) atoms. The maximum Gasteiger partial charge on any atom is 0.410 e. The van der Waals surface area contributed by atoms with E-state index in [-0.39, 0.29) is 18.2 Å². The van der Waals surface area contributed by atoms with E-state index in [1.807, 2.05) is 61.5 Å². The number of rotatable bonds is 5. The molecule has 1 fully saturated rings. The summed E-state index contributed by atoms with van der Waals surface area (Å²) in [5.74, 6) is 0. The highest BCUT2D eigenvalue weighted by molar-refractivity contribution is 5.89. The zero-order valence-electron chi connectivity index (χ0n) is 14.1. The van der Waals surface area contributed by atoms with Crippen molar-refractivity contribution in [1.29, 1.82) is 0 Å². The molecule has 0 radical (unpaired) electrons. The fourth-order valence-corrected chi connectivity index (χ4v) is 2.67. The smallest absolute Gasteiger partial charge is 0.410 e. The highest BCUT2D eigenvalue weighted by atomic mass is 16.6. The van der Waals surface area contributed by atoms with E-state index >= 15 is 0 Å². The van der Waals surface area contributed by atoms with Gasteiger partial charge in [0.2, 0.25) is 0 Å². The van der Waals surface area contributed by atoms with Gasteiger partial charge in [0.05, 0.1) is 12.6 Å². The fourth-order valence-electron chi connectivity index (χ4n) is 2.67. The first-order chi connectivity index (χ1) is 12.1. The molecule has 2 N–H and O–H groups in total. The summed E-state index contributed by atoms with van der Waals surface area (Å²) >= 11 is 0. The molecule has 130 valence electrons. The molecule has 0 bridgehead atoms. The molecule has 6 nitrogen and oxygen atoms in total. The summed E-state index contributed by atoms with van der Waals surface area (Å²) in [7, 11) is 0. The molecule has 1 aliphatic rings. The molecule has 1 heterocycles. The Morgan fingerprint density at radius 1 is 1.16 bits per heavy atom. The summed E-state index contributed by atoms with van der Waals surface area (Å²) in [5.41, 5.74) is 2.73. The van der Waals surface area contributed by atoms with Gasteiger partial charge >= 0.3 is 12.1 Å². The summed E-state index contributed by atoms with van der Waals surface area (Å²) in [6.07, 6.45) is -0.281. The molecule has 0 aromatic heterocycles. The first-order valence-electron chi connectivity index (χ1n) is 8.25. The van der Waals surface area contributed by atoms with E-state index in [0.717, 1.165) is 11.1 Å². The lowest BCUT2D eigenvalue weighted by Gasteiger charge is -2.16. The lowest BCUT2D eigenvalue weighted by Crippen LogP contribution is -2.31. The number of nitrogens with one attached hydrogen (secondary N) is 2. The second-order valence-corrected chi connectivity index (χ2v) is 5.96. The molecule has 1 aliphatic heterocycles. The lowest BCUT2D eigenvalue weighted by atomic mass is 10.1. The Morgan fingerprint density at radius 2 is 1.88 bits per heavy atom. The van der Waals surface area contributed by atoms with Crippen LogP contribution in [0.3, 0.4) is 0 Å². The largest absolute Gasteiger partial charge is 0.448 e. The Hall–Kier alpha value is -3.02. The minimum absolute atomic E-state index is 0.0818. The van der Waals surface area contributed by atoms with Crippen LogP contribution in [-0.2, 0) is 11.3 Å². The average molecular weight is 339 g/mol. The summed E-state index contributed by atoms with van der Waals surface area (Å²) < 4.78 is 4.91. The minimum Gasteiger partial charge on any atom is -0.448 e. The van der Waals surface area contributed by atoms with Crippen molar-refractivity contribution in [1.82, 2.24) is 10.2 Å². The first kappa shape index (κ1) is 16.8. The number of amides is 3. The van der Waals surface area contributed by atoms with Gasteiger partial charge in [-0.25, -0.2) is 9.59 Å². The number of carbonyl (C=O) groups excluding carboxylic acids is 2. The highest BCUT2D eigenvalue weighted by Crippen LogP contribution is 2.15.